The second-order valence-corrected chi connectivity index (χ2v) is 5.98. The molecule has 2 amide bonds. The van der Waals surface area contributed by atoms with Crippen molar-refractivity contribution >= 4 is 11.8 Å². The number of likely N-dealkylation sites (N-methyl/N-ethyl adjacent to an activating group) is 1. The van der Waals surface area contributed by atoms with Crippen molar-refractivity contribution in [3.8, 4) is 0 Å². The van der Waals surface area contributed by atoms with Gasteiger partial charge in [-0.2, -0.15) is 0 Å². The molecular formula is C15H29N3O3. The number of methoxy groups -OCH3 is 1. The number of piperidine rings is 1. The third-order valence-corrected chi connectivity index (χ3v) is 4.04. The highest BCUT2D eigenvalue weighted by molar-refractivity contribution is 5.88. The van der Waals surface area contributed by atoms with Gasteiger partial charge in [0.1, 0.15) is 0 Å². The number of carbonyl (C=O) groups is 2. The molecule has 1 aliphatic rings. The monoisotopic (exact) mass is 299 g/mol. The summed E-state index contributed by atoms with van der Waals surface area (Å²) in [6, 6.07) is 0. The molecule has 1 aliphatic heterocycles. The summed E-state index contributed by atoms with van der Waals surface area (Å²) in [6.45, 7) is 4.83. The van der Waals surface area contributed by atoms with Crippen molar-refractivity contribution < 1.29 is 14.3 Å². The normalized spacial score (nSPS) is 17.3. The Morgan fingerprint density at radius 3 is 2.33 bits per heavy atom. The Kier molecular flexibility index (Phi) is 7.11. The number of rotatable bonds is 7. The Morgan fingerprint density at radius 1 is 1.24 bits per heavy atom. The van der Waals surface area contributed by atoms with Crippen LogP contribution in [0.5, 0.6) is 0 Å². The highest BCUT2D eigenvalue weighted by atomic mass is 16.5. The van der Waals surface area contributed by atoms with Crippen LogP contribution in [0, 0.1) is 5.41 Å². The molecule has 0 radical (unpaired) electrons. The SMILES string of the molecule is CCCN(CC(=O)N(C)C)C(=O)C1(COC)CCNCC1. The van der Waals surface area contributed by atoms with E-state index in [4.69, 9.17) is 4.74 Å². The Morgan fingerprint density at radius 2 is 1.86 bits per heavy atom. The smallest absolute Gasteiger partial charge is 0.241 e. The zero-order valence-corrected chi connectivity index (χ0v) is 13.8. The van der Waals surface area contributed by atoms with Gasteiger partial charge in [-0.15, -0.1) is 0 Å². The summed E-state index contributed by atoms with van der Waals surface area (Å²) in [5.41, 5.74) is -0.484. The van der Waals surface area contributed by atoms with E-state index in [9.17, 15) is 9.59 Å². The van der Waals surface area contributed by atoms with Gasteiger partial charge in [0, 0.05) is 27.7 Å². The van der Waals surface area contributed by atoms with Gasteiger partial charge in [-0.25, -0.2) is 0 Å². The van der Waals surface area contributed by atoms with Crippen LogP contribution in [0.2, 0.25) is 0 Å². The molecule has 1 rings (SSSR count). The summed E-state index contributed by atoms with van der Waals surface area (Å²) < 4.78 is 5.32. The van der Waals surface area contributed by atoms with E-state index < -0.39 is 5.41 Å². The zero-order chi connectivity index (χ0) is 15.9. The second-order valence-electron chi connectivity index (χ2n) is 5.98. The van der Waals surface area contributed by atoms with Gasteiger partial charge in [0.15, 0.2) is 0 Å². The molecule has 6 heteroatoms. The average molecular weight is 299 g/mol. The van der Waals surface area contributed by atoms with Crippen molar-refractivity contribution in [3.05, 3.63) is 0 Å². The summed E-state index contributed by atoms with van der Waals surface area (Å²) >= 11 is 0. The molecule has 0 spiro atoms. The van der Waals surface area contributed by atoms with Crippen molar-refractivity contribution in [1.82, 2.24) is 15.1 Å². The Balaban J connectivity index is 2.87. The van der Waals surface area contributed by atoms with Crippen LogP contribution in [0.15, 0.2) is 0 Å². The molecular weight excluding hydrogens is 270 g/mol. The van der Waals surface area contributed by atoms with Crippen molar-refractivity contribution in [2.75, 3.05) is 54.0 Å². The standard InChI is InChI=1S/C15H29N3O3/c1-5-10-18(11-13(19)17(2)3)14(20)15(12-21-4)6-8-16-9-7-15/h16H,5-12H2,1-4H3. The Bertz CT molecular complexity index is 347. The molecule has 1 fully saturated rings. The van der Waals surface area contributed by atoms with E-state index >= 15 is 0 Å². The minimum absolute atomic E-state index is 0.0432. The van der Waals surface area contributed by atoms with E-state index in [0.717, 1.165) is 32.4 Å². The highest BCUT2D eigenvalue weighted by Gasteiger charge is 2.42. The first-order chi connectivity index (χ1) is 9.96. The van der Waals surface area contributed by atoms with Crippen LogP contribution in [0.3, 0.4) is 0 Å². The van der Waals surface area contributed by atoms with E-state index in [0.29, 0.717) is 13.2 Å². The third kappa shape index (κ3) is 4.68. The van der Waals surface area contributed by atoms with Crippen molar-refractivity contribution in [2.24, 2.45) is 5.41 Å². The van der Waals surface area contributed by atoms with Crippen LogP contribution in [0.1, 0.15) is 26.2 Å². The molecule has 0 aromatic heterocycles. The fraction of sp³-hybridized carbons (Fsp3) is 0.867. The molecule has 0 aliphatic carbocycles. The van der Waals surface area contributed by atoms with Crippen molar-refractivity contribution in [1.29, 1.82) is 0 Å². The fourth-order valence-electron chi connectivity index (χ4n) is 2.76. The lowest BCUT2D eigenvalue weighted by atomic mass is 9.78. The summed E-state index contributed by atoms with van der Waals surface area (Å²) in [7, 11) is 5.06. The van der Waals surface area contributed by atoms with Crippen LogP contribution in [-0.2, 0) is 14.3 Å². The molecule has 1 saturated heterocycles. The lowest BCUT2D eigenvalue weighted by molar-refractivity contribution is -0.151. The number of nitrogens with zero attached hydrogens (tertiary/aromatic N) is 2. The van der Waals surface area contributed by atoms with Gasteiger partial charge in [0.25, 0.3) is 0 Å². The molecule has 0 aromatic carbocycles. The second kappa shape index (κ2) is 8.34. The minimum atomic E-state index is -0.484. The number of amides is 2. The number of ether oxygens (including phenoxy) is 1. The van der Waals surface area contributed by atoms with Gasteiger partial charge in [0.2, 0.25) is 11.8 Å². The first-order valence-electron chi connectivity index (χ1n) is 7.66. The molecule has 0 aromatic rings. The van der Waals surface area contributed by atoms with E-state index in [-0.39, 0.29) is 18.4 Å². The molecule has 0 bridgehead atoms. The predicted molar refractivity (Wildman–Crippen MR) is 82.0 cm³/mol. The van der Waals surface area contributed by atoms with E-state index in [1.54, 1.807) is 26.1 Å². The first kappa shape index (κ1) is 17.9. The molecule has 0 atom stereocenters. The molecule has 6 nitrogen and oxygen atoms in total. The fourth-order valence-corrected chi connectivity index (χ4v) is 2.76. The summed E-state index contributed by atoms with van der Waals surface area (Å²) in [5, 5.41) is 3.28. The van der Waals surface area contributed by atoms with Crippen molar-refractivity contribution in [3.63, 3.8) is 0 Å². The van der Waals surface area contributed by atoms with Crippen LogP contribution in [0.25, 0.3) is 0 Å². The Labute approximate surface area is 127 Å². The zero-order valence-electron chi connectivity index (χ0n) is 13.8. The minimum Gasteiger partial charge on any atom is -0.384 e. The highest BCUT2D eigenvalue weighted by Crippen LogP contribution is 2.31. The summed E-state index contributed by atoms with van der Waals surface area (Å²) in [4.78, 5) is 28.2. The molecule has 1 heterocycles. The van der Waals surface area contributed by atoms with Crippen LogP contribution in [-0.4, -0.2) is 75.6 Å². The van der Waals surface area contributed by atoms with E-state index in [2.05, 4.69) is 5.32 Å². The summed E-state index contributed by atoms with van der Waals surface area (Å²) in [6.07, 6.45) is 2.36. The number of hydrogen-bond donors (Lipinski definition) is 1. The Hall–Kier alpha value is -1.14. The van der Waals surface area contributed by atoms with Gasteiger partial charge in [-0.3, -0.25) is 9.59 Å². The number of carbonyl (C=O) groups excluding carboxylic acids is 2. The number of nitrogens with one attached hydrogen (secondary N) is 1. The topological polar surface area (TPSA) is 61.9 Å². The van der Waals surface area contributed by atoms with E-state index in [1.165, 1.54) is 4.90 Å². The first-order valence-corrected chi connectivity index (χ1v) is 7.66. The molecule has 0 saturated carbocycles. The predicted octanol–water partition coefficient (Wildman–Crippen LogP) is 0.329. The van der Waals surface area contributed by atoms with Gasteiger partial charge >= 0.3 is 0 Å². The average Bonchev–Trinajstić information content (AvgIpc) is 2.47. The molecule has 122 valence electrons. The maximum atomic E-state index is 13.0. The molecule has 0 unspecified atom stereocenters. The lowest BCUT2D eigenvalue weighted by Crippen LogP contribution is -2.53. The van der Waals surface area contributed by atoms with E-state index in [1.807, 2.05) is 6.92 Å². The largest absolute Gasteiger partial charge is 0.384 e. The lowest BCUT2D eigenvalue weighted by Gasteiger charge is -2.39. The maximum Gasteiger partial charge on any atom is 0.241 e. The van der Waals surface area contributed by atoms with Crippen LogP contribution >= 0.6 is 0 Å². The van der Waals surface area contributed by atoms with Crippen LogP contribution < -0.4 is 5.32 Å². The maximum absolute atomic E-state index is 13.0. The molecule has 1 N–H and O–H groups in total. The molecule has 21 heavy (non-hydrogen) atoms. The summed E-state index contributed by atoms with van der Waals surface area (Å²) in [5.74, 6) is 0.0150. The number of hydrogen-bond acceptors (Lipinski definition) is 4. The van der Waals surface area contributed by atoms with Crippen LogP contribution in [0.4, 0.5) is 0 Å². The van der Waals surface area contributed by atoms with Crippen molar-refractivity contribution in [2.45, 2.75) is 26.2 Å². The third-order valence-electron chi connectivity index (χ3n) is 4.04. The van der Waals surface area contributed by atoms with Gasteiger partial charge < -0.3 is 19.9 Å². The van der Waals surface area contributed by atoms with Gasteiger partial charge in [-0.05, 0) is 32.4 Å². The quantitative estimate of drug-likeness (QED) is 0.736. The van der Waals surface area contributed by atoms with Gasteiger partial charge in [0.05, 0.1) is 18.6 Å². The van der Waals surface area contributed by atoms with Gasteiger partial charge in [-0.1, -0.05) is 6.92 Å².